The van der Waals surface area contributed by atoms with E-state index in [1.54, 1.807) is 36.8 Å². The van der Waals surface area contributed by atoms with Gasteiger partial charge in [0.05, 0.1) is 7.11 Å². The van der Waals surface area contributed by atoms with Crippen LogP contribution in [0.3, 0.4) is 0 Å². The molecule has 1 heterocycles. The van der Waals surface area contributed by atoms with E-state index in [2.05, 4.69) is 26.2 Å². The SMILES string of the molecule is COc1ccc(-c2nc(C(=O)OCC(=O)Nc3ccc(Br)cc3)cs2)cc1. The Bertz CT molecular complexity index is 939. The lowest BCUT2D eigenvalue weighted by molar-refractivity contribution is -0.119. The number of halogens is 1. The lowest BCUT2D eigenvalue weighted by atomic mass is 10.2. The lowest BCUT2D eigenvalue weighted by Gasteiger charge is -2.05. The maximum absolute atomic E-state index is 12.1. The third-order valence-corrected chi connectivity index (χ3v) is 4.93. The smallest absolute Gasteiger partial charge is 0.358 e. The van der Waals surface area contributed by atoms with Crippen LogP contribution >= 0.6 is 27.3 Å². The molecule has 0 aliphatic rings. The molecule has 1 aromatic heterocycles. The van der Waals surface area contributed by atoms with E-state index in [1.807, 2.05) is 24.3 Å². The molecule has 27 heavy (non-hydrogen) atoms. The first-order chi connectivity index (χ1) is 13.0. The highest BCUT2D eigenvalue weighted by atomic mass is 79.9. The molecular weight excluding hydrogens is 432 g/mol. The molecule has 6 nitrogen and oxygen atoms in total. The van der Waals surface area contributed by atoms with Crippen LogP contribution in [0.4, 0.5) is 5.69 Å². The first-order valence-corrected chi connectivity index (χ1v) is 9.55. The predicted octanol–water partition coefficient (Wildman–Crippen LogP) is 4.38. The zero-order valence-electron chi connectivity index (χ0n) is 14.3. The normalized spacial score (nSPS) is 10.3. The van der Waals surface area contributed by atoms with Crippen LogP contribution in [0.15, 0.2) is 58.4 Å². The summed E-state index contributed by atoms with van der Waals surface area (Å²) >= 11 is 4.64. The second-order valence-electron chi connectivity index (χ2n) is 5.40. The van der Waals surface area contributed by atoms with Crippen LogP contribution in [0.25, 0.3) is 10.6 Å². The number of anilines is 1. The van der Waals surface area contributed by atoms with E-state index in [9.17, 15) is 9.59 Å². The summed E-state index contributed by atoms with van der Waals surface area (Å²) in [5, 5.41) is 4.94. The van der Waals surface area contributed by atoms with Crippen LogP contribution in [0.5, 0.6) is 5.75 Å². The molecule has 0 aliphatic carbocycles. The highest BCUT2D eigenvalue weighted by Gasteiger charge is 2.15. The molecule has 0 aliphatic heterocycles. The fourth-order valence-electron chi connectivity index (χ4n) is 2.17. The molecule has 1 amide bonds. The predicted molar refractivity (Wildman–Crippen MR) is 107 cm³/mol. The van der Waals surface area contributed by atoms with Gasteiger partial charge in [0, 0.05) is 21.1 Å². The van der Waals surface area contributed by atoms with E-state index in [-0.39, 0.29) is 12.3 Å². The van der Waals surface area contributed by atoms with Gasteiger partial charge in [0.25, 0.3) is 5.91 Å². The highest BCUT2D eigenvalue weighted by molar-refractivity contribution is 9.10. The number of ether oxygens (including phenoxy) is 2. The second-order valence-corrected chi connectivity index (χ2v) is 7.17. The maximum atomic E-state index is 12.1. The Morgan fingerprint density at radius 2 is 1.81 bits per heavy atom. The molecule has 0 atom stereocenters. The lowest BCUT2D eigenvalue weighted by Crippen LogP contribution is -2.21. The number of benzene rings is 2. The van der Waals surface area contributed by atoms with Crippen molar-refractivity contribution >= 4 is 44.8 Å². The number of thiazole rings is 1. The Balaban J connectivity index is 1.55. The molecule has 138 valence electrons. The van der Waals surface area contributed by atoms with Crippen molar-refractivity contribution in [2.45, 2.75) is 0 Å². The van der Waals surface area contributed by atoms with Crippen molar-refractivity contribution in [3.63, 3.8) is 0 Å². The van der Waals surface area contributed by atoms with Crippen molar-refractivity contribution in [2.75, 3.05) is 19.0 Å². The molecule has 0 saturated heterocycles. The van der Waals surface area contributed by atoms with Crippen molar-refractivity contribution in [3.05, 3.63) is 64.1 Å². The molecule has 0 saturated carbocycles. The Kier molecular flexibility index (Phi) is 6.20. The summed E-state index contributed by atoms with van der Waals surface area (Å²) in [4.78, 5) is 28.3. The monoisotopic (exact) mass is 446 g/mol. The molecule has 1 N–H and O–H groups in total. The quantitative estimate of drug-likeness (QED) is 0.568. The van der Waals surface area contributed by atoms with Crippen molar-refractivity contribution in [1.82, 2.24) is 4.98 Å². The number of esters is 1. The van der Waals surface area contributed by atoms with E-state index < -0.39 is 11.9 Å². The van der Waals surface area contributed by atoms with Crippen molar-refractivity contribution in [2.24, 2.45) is 0 Å². The van der Waals surface area contributed by atoms with E-state index >= 15 is 0 Å². The van der Waals surface area contributed by atoms with Gasteiger partial charge in [-0.05, 0) is 48.5 Å². The van der Waals surface area contributed by atoms with Gasteiger partial charge >= 0.3 is 5.97 Å². The number of nitrogens with one attached hydrogen (secondary N) is 1. The van der Waals surface area contributed by atoms with Crippen molar-refractivity contribution in [1.29, 1.82) is 0 Å². The van der Waals surface area contributed by atoms with Crippen LogP contribution in [0.2, 0.25) is 0 Å². The first kappa shape index (κ1) is 19.1. The van der Waals surface area contributed by atoms with Crippen LogP contribution < -0.4 is 10.1 Å². The number of carbonyl (C=O) groups is 2. The molecule has 0 bridgehead atoms. The summed E-state index contributed by atoms with van der Waals surface area (Å²) in [6.45, 7) is -0.385. The molecule has 3 rings (SSSR count). The van der Waals surface area contributed by atoms with E-state index in [1.165, 1.54) is 11.3 Å². The summed E-state index contributed by atoms with van der Waals surface area (Å²) in [5.74, 6) is -0.319. The zero-order chi connectivity index (χ0) is 19.2. The summed E-state index contributed by atoms with van der Waals surface area (Å²) in [6, 6.07) is 14.4. The zero-order valence-corrected chi connectivity index (χ0v) is 16.7. The van der Waals surface area contributed by atoms with Gasteiger partial charge in [-0.15, -0.1) is 11.3 Å². The first-order valence-electron chi connectivity index (χ1n) is 7.87. The van der Waals surface area contributed by atoms with Gasteiger partial charge in [-0.1, -0.05) is 15.9 Å². The number of rotatable bonds is 6. The molecule has 0 unspecified atom stereocenters. The third-order valence-electron chi connectivity index (χ3n) is 3.51. The number of hydrogen-bond donors (Lipinski definition) is 1. The highest BCUT2D eigenvalue weighted by Crippen LogP contribution is 2.26. The molecule has 0 radical (unpaired) electrons. The van der Waals surface area contributed by atoms with Crippen LogP contribution in [-0.4, -0.2) is 30.6 Å². The molecule has 0 spiro atoms. The van der Waals surface area contributed by atoms with Crippen LogP contribution in [0.1, 0.15) is 10.5 Å². The van der Waals surface area contributed by atoms with Gasteiger partial charge < -0.3 is 14.8 Å². The van der Waals surface area contributed by atoms with E-state index in [4.69, 9.17) is 9.47 Å². The summed E-state index contributed by atoms with van der Waals surface area (Å²) < 4.78 is 11.1. The van der Waals surface area contributed by atoms with Crippen LogP contribution in [-0.2, 0) is 9.53 Å². The Hall–Kier alpha value is -2.71. The number of hydrogen-bond acceptors (Lipinski definition) is 6. The summed E-state index contributed by atoms with van der Waals surface area (Å²) in [7, 11) is 1.60. The van der Waals surface area contributed by atoms with Crippen molar-refractivity contribution < 1.29 is 19.1 Å². The summed E-state index contributed by atoms with van der Waals surface area (Å²) in [5.41, 5.74) is 1.66. The van der Waals surface area contributed by atoms with Gasteiger partial charge in [-0.2, -0.15) is 0 Å². The third kappa shape index (κ3) is 5.15. The Labute approximate surface area is 168 Å². The fourth-order valence-corrected chi connectivity index (χ4v) is 3.23. The molecule has 0 fully saturated rings. The summed E-state index contributed by atoms with van der Waals surface area (Å²) in [6.07, 6.45) is 0. The van der Waals surface area contributed by atoms with Crippen LogP contribution in [0, 0.1) is 0 Å². The average molecular weight is 447 g/mol. The number of carbonyl (C=O) groups excluding carboxylic acids is 2. The van der Waals surface area contributed by atoms with Gasteiger partial charge in [-0.3, -0.25) is 4.79 Å². The number of amides is 1. The number of aromatic nitrogens is 1. The van der Waals surface area contributed by atoms with E-state index in [0.717, 1.165) is 15.8 Å². The molecule has 3 aromatic rings. The molecular formula is C19H15BrN2O4S. The van der Waals surface area contributed by atoms with Gasteiger partial charge in [0.15, 0.2) is 12.3 Å². The van der Waals surface area contributed by atoms with Gasteiger partial charge in [0.1, 0.15) is 10.8 Å². The topological polar surface area (TPSA) is 77.5 Å². The molecule has 2 aromatic carbocycles. The van der Waals surface area contributed by atoms with Gasteiger partial charge in [0.2, 0.25) is 0 Å². The second kappa shape index (κ2) is 8.79. The average Bonchev–Trinajstić information content (AvgIpc) is 3.18. The minimum atomic E-state index is -0.642. The minimum Gasteiger partial charge on any atom is -0.497 e. The largest absolute Gasteiger partial charge is 0.497 e. The standard InChI is InChI=1S/C19H15BrN2O4S/c1-25-15-8-2-12(3-9-15)18-22-16(11-27-18)19(24)26-10-17(23)21-14-6-4-13(20)5-7-14/h2-9,11H,10H2,1H3,(H,21,23). The fraction of sp³-hybridized carbons (Fsp3) is 0.105. The number of methoxy groups -OCH3 is 1. The Morgan fingerprint density at radius 1 is 1.11 bits per heavy atom. The molecule has 8 heteroatoms. The van der Waals surface area contributed by atoms with Gasteiger partial charge in [-0.25, -0.2) is 9.78 Å². The van der Waals surface area contributed by atoms with Crippen molar-refractivity contribution in [3.8, 4) is 16.3 Å². The minimum absolute atomic E-state index is 0.169. The Morgan fingerprint density at radius 3 is 2.48 bits per heavy atom. The number of nitrogens with zero attached hydrogens (tertiary/aromatic N) is 1. The van der Waals surface area contributed by atoms with E-state index in [0.29, 0.717) is 10.7 Å². The maximum Gasteiger partial charge on any atom is 0.358 e.